The molecule has 2 aromatic heterocycles. The molecule has 0 unspecified atom stereocenters. The number of likely N-dealkylation sites (tertiary alicyclic amines) is 1. The third kappa shape index (κ3) is 4.54. The van der Waals surface area contributed by atoms with Crippen LogP contribution < -0.4 is 5.73 Å². The Morgan fingerprint density at radius 2 is 2.04 bits per heavy atom. The second-order valence-electron chi connectivity index (χ2n) is 5.91. The van der Waals surface area contributed by atoms with Gasteiger partial charge in [-0.3, -0.25) is 4.99 Å². The number of thiazole rings is 1. The minimum absolute atomic E-state index is 0.721. The van der Waals surface area contributed by atoms with E-state index >= 15 is 0 Å². The Labute approximate surface area is 146 Å². The molecule has 3 rings (SSSR count). The maximum Gasteiger partial charge on any atom is 0.191 e. The fourth-order valence-corrected chi connectivity index (χ4v) is 4.45. The molecule has 1 fully saturated rings. The van der Waals surface area contributed by atoms with Crippen LogP contribution in [-0.4, -0.2) is 35.5 Å². The van der Waals surface area contributed by atoms with Gasteiger partial charge in [0.05, 0.1) is 15.6 Å². The predicted octanol–water partition coefficient (Wildman–Crippen LogP) is 3.91. The highest BCUT2D eigenvalue weighted by molar-refractivity contribution is 7.16. The first-order chi connectivity index (χ1) is 11.2. The molecule has 2 N–H and O–H groups in total. The van der Waals surface area contributed by atoms with Gasteiger partial charge in [0.2, 0.25) is 0 Å². The number of hydrogen-bond donors (Lipinski definition) is 1. The van der Waals surface area contributed by atoms with Gasteiger partial charge < -0.3 is 10.6 Å². The van der Waals surface area contributed by atoms with Gasteiger partial charge in [0.15, 0.2) is 5.96 Å². The summed E-state index contributed by atoms with van der Waals surface area (Å²) in [5.41, 5.74) is 7.25. The lowest BCUT2D eigenvalue weighted by molar-refractivity contribution is 0.428. The molecule has 0 bridgehead atoms. The summed E-state index contributed by atoms with van der Waals surface area (Å²) in [4.78, 5) is 14.0. The fourth-order valence-electron chi connectivity index (χ4n) is 2.81. The highest BCUT2D eigenvalue weighted by atomic mass is 32.1. The topological polar surface area (TPSA) is 54.5 Å². The number of rotatable bonds is 4. The van der Waals surface area contributed by atoms with Crippen LogP contribution in [0.5, 0.6) is 0 Å². The first-order valence-electron chi connectivity index (χ1n) is 8.28. The average molecular weight is 349 g/mol. The van der Waals surface area contributed by atoms with Crippen LogP contribution in [0.15, 0.2) is 22.5 Å². The van der Waals surface area contributed by atoms with Crippen LogP contribution in [0.3, 0.4) is 0 Å². The summed E-state index contributed by atoms with van der Waals surface area (Å²) in [5.74, 6) is 0.721. The molecule has 1 aliphatic rings. The summed E-state index contributed by atoms with van der Waals surface area (Å²) in [6.07, 6.45) is 6.05. The second kappa shape index (κ2) is 7.93. The Kier molecular flexibility index (Phi) is 5.67. The molecule has 4 nitrogen and oxygen atoms in total. The number of aromatic nitrogens is 1. The van der Waals surface area contributed by atoms with Crippen molar-refractivity contribution in [2.24, 2.45) is 10.7 Å². The van der Waals surface area contributed by atoms with E-state index in [2.05, 4.69) is 32.4 Å². The van der Waals surface area contributed by atoms with Gasteiger partial charge >= 0.3 is 0 Å². The minimum Gasteiger partial charge on any atom is -0.370 e. The lowest BCUT2D eigenvalue weighted by atomic mass is 10.2. The van der Waals surface area contributed by atoms with Gasteiger partial charge in [-0.05, 0) is 31.9 Å². The van der Waals surface area contributed by atoms with Crippen LogP contribution in [0.25, 0.3) is 10.6 Å². The fraction of sp³-hybridized carbons (Fsp3) is 0.529. The molecule has 124 valence electrons. The molecule has 1 aliphatic heterocycles. The van der Waals surface area contributed by atoms with Gasteiger partial charge in [0.1, 0.15) is 0 Å². The molecule has 6 heteroatoms. The number of hydrogen-bond acceptors (Lipinski definition) is 4. The Bertz CT molecular complexity index is 651. The first kappa shape index (κ1) is 16.5. The molecule has 0 spiro atoms. The summed E-state index contributed by atoms with van der Waals surface area (Å²) in [5, 5.41) is 3.24. The zero-order valence-electron chi connectivity index (χ0n) is 13.6. The van der Waals surface area contributed by atoms with Gasteiger partial charge in [0, 0.05) is 36.3 Å². The Morgan fingerprint density at radius 1 is 1.26 bits per heavy atom. The van der Waals surface area contributed by atoms with Crippen LogP contribution in [0.1, 0.15) is 35.6 Å². The highest BCUT2D eigenvalue weighted by Crippen LogP contribution is 2.29. The maximum atomic E-state index is 6.15. The molecule has 23 heavy (non-hydrogen) atoms. The smallest absolute Gasteiger partial charge is 0.191 e. The van der Waals surface area contributed by atoms with Crippen molar-refractivity contribution in [1.29, 1.82) is 0 Å². The molecular formula is C17H24N4S2. The molecule has 0 amide bonds. The molecular weight excluding hydrogens is 324 g/mol. The molecule has 3 heterocycles. The van der Waals surface area contributed by atoms with E-state index in [-0.39, 0.29) is 0 Å². The predicted molar refractivity (Wildman–Crippen MR) is 100 cm³/mol. The Balaban J connectivity index is 1.54. The molecule has 0 saturated carbocycles. The number of aliphatic imine (C=N–C) groups is 1. The van der Waals surface area contributed by atoms with Gasteiger partial charge in [-0.15, -0.1) is 22.7 Å². The van der Waals surface area contributed by atoms with Crippen molar-refractivity contribution in [1.82, 2.24) is 9.88 Å². The van der Waals surface area contributed by atoms with Crippen molar-refractivity contribution < 1.29 is 0 Å². The van der Waals surface area contributed by atoms with Gasteiger partial charge in [-0.25, -0.2) is 4.98 Å². The van der Waals surface area contributed by atoms with Gasteiger partial charge in [-0.2, -0.15) is 0 Å². The van der Waals surface area contributed by atoms with Crippen molar-refractivity contribution in [3.05, 3.63) is 27.4 Å². The van der Waals surface area contributed by atoms with Crippen molar-refractivity contribution in [2.75, 3.05) is 19.6 Å². The molecule has 0 atom stereocenters. The van der Waals surface area contributed by atoms with E-state index in [4.69, 9.17) is 5.73 Å². The number of thiophene rings is 1. The summed E-state index contributed by atoms with van der Waals surface area (Å²) in [6.45, 7) is 4.92. The van der Waals surface area contributed by atoms with E-state index in [1.54, 1.807) is 11.3 Å². The Hall–Kier alpha value is -1.40. The zero-order valence-corrected chi connectivity index (χ0v) is 15.3. The quantitative estimate of drug-likeness (QED) is 0.673. The Morgan fingerprint density at radius 3 is 2.74 bits per heavy atom. The van der Waals surface area contributed by atoms with Crippen LogP contribution in [0, 0.1) is 6.92 Å². The minimum atomic E-state index is 0.721. The lowest BCUT2D eigenvalue weighted by Crippen LogP contribution is -2.38. The maximum absolute atomic E-state index is 6.15. The van der Waals surface area contributed by atoms with E-state index in [0.717, 1.165) is 42.7 Å². The van der Waals surface area contributed by atoms with Crippen molar-refractivity contribution in [3.63, 3.8) is 0 Å². The van der Waals surface area contributed by atoms with E-state index < -0.39 is 0 Å². The summed E-state index contributed by atoms with van der Waals surface area (Å²) in [7, 11) is 0. The van der Waals surface area contributed by atoms with Crippen LogP contribution in [0.2, 0.25) is 0 Å². The normalized spacial score (nSPS) is 16.6. The van der Waals surface area contributed by atoms with E-state index in [1.807, 2.05) is 18.3 Å². The number of nitrogens with zero attached hydrogens (tertiary/aromatic N) is 3. The monoisotopic (exact) mass is 348 g/mol. The first-order valence-corrected chi connectivity index (χ1v) is 9.98. The molecule has 2 aromatic rings. The van der Waals surface area contributed by atoms with Gasteiger partial charge in [0.25, 0.3) is 0 Å². The SMILES string of the molecule is Cc1nc(-c2ccc(CCN=C(N)N3CCCCCC3)s2)cs1. The van der Waals surface area contributed by atoms with E-state index in [1.165, 1.54) is 35.4 Å². The van der Waals surface area contributed by atoms with Crippen molar-refractivity contribution >= 4 is 28.6 Å². The lowest BCUT2D eigenvalue weighted by Gasteiger charge is -2.20. The summed E-state index contributed by atoms with van der Waals surface area (Å²) >= 11 is 3.51. The zero-order chi connectivity index (χ0) is 16.1. The van der Waals surface area contributed by atoms with E-state index in [9.17, 15) is 0 Å². The standard InChI is InChI=1S/C17H24N4S2/c1-13-20-15(12-22-13)16-7-6-14(23-16)8-9-19-17(18)21-10-4-2-3-5-11-21/h6-7,12H,2-5,8-11H2,1H3,(H2,18,19). The molecule has 0 radical (unpaired) electrons. The number of guanidine groups is 1. The molecule has 0 aliphatic carbocycles. The number of aryl methyl sites for hydroxylation is 1. The van der Waals surface area contributed by atoms with E-state index in [0.29, 0.717) is 0 Å². The third-order valence-corrected chi connectivity index (χ3v) is 6.04. The largest absolute Gasteiger partial charge is 0.370 e. The van der Waals surface area contributed by atoms with Crippen LogP contribution in [-0.2, 0) is 6.42 Å². The van der Waals surface area contributed by atoms with Gasteiger partial charge in [-0.1, -0.05) is 12.8 Å². The highest BCUT2D eigenvalue weighted by Gasteiger charge is 2.11. The van der Waals surface area contributed by atoms with Crippen molar-refractivity contribution in [2.45, 2.75) is 39.0 Å². The second-order valence-corrected chi connectivity index (χ2v) is 8.14. The van der Waals surface area contributed by atoms with Crippen molar-refractivity contribution in [3.8, 4) is 10.6 Å². The number of nitrogens with two attached hydrogens (primary N) is 1. The average Bonchev–Trinajstić information content (AvgIpc) is 3.08. The molecule has 0 aromatic carbocycles. The summed E-state index contributed by atoms with van der Waals surface area (Å²) in [6, 6.07) is 4.35. The van der Waals surface area contributed by atoms with Crippen LogP contribution in [0.4, 0.5) is 0 Å². The third-order valence-electron chi connectivity index (χ3n) is 4.10. The molecule has 1 saturated heterocycles. The summed E-state index contributed by atoms with van der Waals surface area (Å²) < 4.78 is 0. The van der Waals surface area contributed by atoms with Crippen LogP contribution >= 0.6 is 22.7 Å².